The number of esters is 1. The zero-order valence-corrected chi connectivity index (χ0v) is 16.0. The highest BCUT2D eigenvalue weighted by Crippen LogP contribution is 2.35. The van der Waals surface area contributed by atoms with Crippen LogP contribution in [-0.4, -0.2) is 36.3 Å². The van der Waals surface area contributed by atoms with E-state index in [0.29, 0.717) is 35.1 Å². The van der Waals surface area contributed by atoms with Gasteiger partial charge < -0.3 is 18.8 Å². The lowest BCUT2D eigenvalue weighted by Gasteiger charge is -2.18. The van der Waals surface area contributed by atoms with E-state index in [0.717, 1.165) is 10.2 Å². The van der Waals surface area contributed by atoms with Gasteiger partial charge in [-0.05, 0) is 19.1 Å². The molecule has 0 bridgehead atoms. The van der Waals surface area contributed by atoms with E-state index in [-0.39, 0.29) is 19.1 Å². The third-order valence-corrected chi connectivity index (χ3v) is 5.20. The molecule has 1 aromatic heterocycles. The maximum absolute atomic E-state index is 12.6. The number of aromatic nitrogens is 1. The number of rotatable bonds is 4. The van der Waals surface area contributed by atoms with Crippen LogP contribution in [0.5, 0.6) is 11.5 Å². The molecule has 144 valence electrons. The SMILES string of the molecule is CCOC(=O)Cn1c(=NC(=O)c2ccccc2)sc2cc3c(cc21)OCCO3. The normalized spacial score (nSPS) is 13.5. The number of nitrogens with zero attached hydrogens (tertiary/aromatic N) is 2. The maximum atomic E-state index is 12.6. The minimum atomic E-state index is -0.398. The van der Waals surface area contributed by atoms with Crippen LogP contribution in [0.25, 0.3) is 10.2 Å². The van der Waals surface area contributed by atoms with Crippen molar-refractivity contribution in [2.45, 2.75) is 13.5 Å². The Hall–Kier alpha value is -3.13. The third-order valence-electron chi connectivity index (χ3n) is 4.16. The molecule has 1 aliphatic rings. The summed E-state index contributed by atoms with van der Waals surface area (Å²) in [7, 11) is 0. The zero-order valence-electron chi connectivity index (χ0n) is 15.2. The summed E-state index contributed by atoms with van der Waals surface area (Å²) >= 11 is 1.31. The fraction of sp³-hybridized carbons (Fsp3) is 0.250. The zero-order chi connectivity index (χ0) is 19.5. The molecular formula is C20H18N2O5S. The summed E-state index contributed by atoms with van der Waals surface area (Å²) in [6, 6.07) is 12.5. The Bertz CT molecular complexity index is 1100. The van der Waals surface area contributed by atoms with Crippen molar-refractivity contribution in [2.24, 2.45) is 4.99 Å². The topological polar surface area (TPSA) is 79.1 Å². The van der Waals surface area contributed by atoms with Gasteiger partial charge in [0.2, 0.25) is 0 Å². The van der Waals surface area contributed by atoms with E-state index in [1.165, 1.54) is 11.3 Å². The Kier molecular flexibility index (Phi) is 5.12. The smallest absolute Gasteiger partial charge is 0.326 e. The molecule has 0 unspecified atom stereocenters. The van der Waals surface area contributed by atoms with Gasteiger partial charge in [-0.3, -0.25) is 9.59 Å². The quantitative estimate of drug-likeness (QED) is 0.632. The van der Waals surface area contributed by atoms with Crippen molar-refractivity contribution in [3.63, 3.8) is 0 Å². The first-order chi connectivity index (χ1) is 13.7. The van der Waals surface area contributed by atoms with E-state index in [9.17, 15) is 9.59 Å². The molecule has 0 aliphatic carbocycles. The lowest BCUT2D eigenvalue weighted by molar-refractivity contribution is -0.143. The number of hydrogen-bond donors (Lipinski definition) is 0. The minimum absolute atomic E-state index is 0.0472. The second kappa shape index (κ2) is 7.85. The third kappa shape index (κ3) is 3.63. The standard InChI is InChI=1S/C20H18N2O5S/c1-2-25-18(23)12-22-14-10-15-16(27-9-8-26-15)11-17(14)28-20(22)21-19(24)13-6-4-3-5-7-13/h3-7,10-11H,2,8-9,12H2,1H3. The van der Waals surface area contributed by atoms with Gasteiger partial charge >= 0.3 is 5.97 Å². The van der Waals surface area contributed by atoms with E-state index >= 15 is 0 Å². The van der Waals surface area contributed by atoms with Crippen LogP contribution in [0.1, 0.15) is 17.3 Å². The molecule has 0 radical (unpaired) electrons. The number of thiazole rings is 1. The highest BCUT2D eigenvalue weighted by molar-refractivity contribution is 7.16. The molecule has 0 spiro atoms. The van der Waals surface area contributed by atoms with Gasteiger partial charge in [0, 0.05) is 17.7 Å². The first kappa shape index (κ1) is 18.2. The number of amides is 1. The van der Waals surface area contributed by atoms with Crippen LogP contribution in [0.15, 0.2) is 47.5 Å². The Morgan fingerprint density at radius 3 is 2.57 bits per heavy atom. The lowest BCUT2D eigenvalue weighted by atomic mass is 10.2. The predicted molar refractivity (Wildman–Crippen MR) is 104 cm³/mol. The molecule has 0 atom stereocenters. The van der Waals surface area contributed by atoms with Gasteiger partial charge in [0.25, 0.3) is 5.91 Å². The van der Waals surface area contributed by atoms with Crippen LogP contribution in [0.3, 0.4) is 0 Å². The van der Waals surface area contributed by atoms with E-state index in [4.69, 9.17) is 14.2 Å². The summed E-state index contributed by atoms with van der Waals surface area (Å²) in [5.74, 6) is 0.479. The molecule has 0 fully saturated rings. The van der Waals surface area contributed by atoms with Gasteiger partial charge in [0.05, 0.1) is 16.8 Å². The number of benzene rings is 2. The van der Waals surface area contributed by atoms with E-state index in [1.54, 1.807) is 35.8 Å². The molecule has 28 heavy (non-hydrogen) atoms. The average molecular weight is 398 g/mol. The van der Waals surface area contributed by atoms with E-state index in [2.05, 4.69) is 4.99 Å². The van der Waals surface area contributed by atoms with Gasteiger partial charge in [-0.15, -0.1) is 0 Å². The van der Waals surface area contributed by atoms with E-state index in [1.807, 2.05) is 18.2 Å². The Labute approximate surface area is 164 Å². The molecular weight excluding hydrogens is 380 g/mol. The Morgan fingerprint density at radius 2 is 1.86 bits per heavy atom. The summed E-state index contributed by atoms with van der Waals surface area (Å²) in [5, 5.41) is 0. The number of ether oxygens (including phenoxy) is 3. The van der Waals surface area contributed by atoms with Gasteiger partial charge in [-0.1, -0.05) is 29.5 Å². The highest BCUT2D eigenvalue weighted by atomic mass is 32.1. The van der Waals surface area contributed by atoms with Crippen molar-refractivity contribution < 1.29 is 23.8 Å². The molecule has 8 heteroatoms. The van der Waals surface area contributed by atoms with Gasteiger partial charge in [-0.25, -0.2) is 0 Å². The molecule has 3 aromatic rings. The van der Waals surface area contributed by atoms with Crippen molar-refractivity contribution in [1.82, 2.24) is 4.57 Å². The fourth-order valence-electron chi connectivity index (χ4n) is 2.91. The Morgan fingerprint density at radius 1 is 1.14 bits per heavy atom. The highest BCUT2D eigenvalue weighted by Gasteiger charge is 2.18. The first-order valence-electron chi connectivity index (χ1n) is 8.88. The van der Waals surface area contributed by atoms with Crippen molar-refractivity contribution >= 4 is 33.4 Å². The average Bonchev–Trinajstić information content (AvgIpc) is 3.03. The molecule has 2 heterocycles. The molecule has 2 aromatic carbocycles. The lowest BCUT2D eigenvalue weighted by Crippen LogP contribution is -2.23. The van der Waals surface area contributed by atoms with Gasteiger partial charge in [0.15, 0.2) is 16.3 Å². The maximum Gasteiger partial charge on any atom is 0.326 e. The van der Waals surface area contributed by atoms with Crippen molar-refractivity contribution in [3.8, 4) is 11.5 Å². The van der Waals surface area contributed by atoms with Gasteiger partial charge in [-0.2, -0.15) is 4.99 Å². The van der Waals surface area contributed by atoms with Crippen LogP contribution >= 0.6 is 11.3 Å². The summed E-state index contributed by atoms with van der Waals surface area (Å²) < 4.78 is 18.9. The minimum Gasteiger partial charge on any atom is -0.486 e. The van der Waals surface area contributed by atoms with Gasteiger partial charge in [0.1, 0.15) is 19.8 Å². The summed E-state index contributed by atoms with van der Waals surface area (Å²) in [5.41, 5.74) is 1.22. The summed E-state index contributed by atoms with van der Waals surface area (Å²) in [6.45, 7) is 2.93. The molecule has 1 amide bonds. The Balaban J connectivity index is 1.85. The second-order valence-electron chi connectivity index (χ2n) is 6.02. The monoisotopic (exact) mass is 398 g/mol. The molecule has 0 saturated carbocycles. The molecule has 7 nitrogen and oxygen atoms in total. The summed E-state index contributed by atoms with van der Waals surface area (Å²) in [4.78, 5) is 29.4. The van der Waals surface area contributed by atoms with Crippen LogP contribution in [0.2, 0.25) is 0 Å². The van der Waals surface area contributed by atoms with Crippen LogP contribution in [0.4, 0.5) is 0 Å². The molecule has 4 rings (SSSR count). The van der Waals surface area contributed by atoms with Crippen LogP contribution in [0, 0.1) is 0 Å². The summed E-state index contributed by atoms with van der Waals surface area (Å²) in [6.07, 6.45) is 0. The predicted octanol–water partition coefficient (Wildman–Crippen LogP) is 2.78. The van der Waals surface area contributed by atoms with Crippen molar-refractivity contribution in [1.29, 1.82) is 0 Å². The van der Waals surface area contributed by atoms with Crippen LogP contribution in [-0.2, 0) is 16.1 Å². The van der Waals surface area contributed by atoms with Crippen LogP contribution < -0.4 is 14.3 Å². The number of hydrogen-bond acceptors (Lipinski definition) is 6. The first-order valence-corrected chi connectivity index (χ1v) is 9.70. The molecule has 1 aliphatic heterocycles. The fourth-order valence-corrected chi connectivity index (χ4v) is 3.95. The largest absolute Gasteiger partial charge is 0.486 e. The second-order valence-corrected chi connectivity index (χ2v) is 7.03. The molecule has 0 N–H and O–H groups in total. The van der Waals surface area contributed by atoms with Crippen molar-refractivity contribution in [3.05, 3.63) is 52.8 Å². The number of carbonyl (C=O) groups is 2. The molecule has 0 saturated heterocycles. The number of carbonyl (C=O) groups excluding carboxylic acids is 2. The van der Waals surface area contributed by atoms with Crippen molar-refractivity contribution in [2.75, 3.05) is 19.8 Å². The van der Waals surface area contributed by atoms with E-state index < -0.39 is 5.97 Å². The number of fused-ring (bicyclic) bond motifs is 2.